The Balaban J connectivity index is 1.70. The minimum Gasteiger partial charge on any atom is -0.342 e. The van der Waals surface area contributed by atoms with Crippen molar-refractivity contribution in [1.82, 2.24) is 4.90 Å². The lowest BCUT2D eigenvalue weighted by Crippen LogP contribution is -2.42. The summed E-state index contributed by atoms with van der Waals surface area (Å²) in [6.07, 6.45) is 2.71. The van der Waals surface area contributed by atoms with E-state index < -0.39 is 0 Å². The Morgan fingerprint density at radius 3 is 2.81 bits per heavy atom. The fraction of sp³-hybridized carbons (Fsp3) is 0.389. The predicted octanol–water partition coefficient (Wildman–Crippen LogP) is 2.58. The highest BCUT2D eigenvalue weighted by molar-refractivity contribution is 5.85. The highest BCUT2D eigenvalue weighted by Gasteiger charge is 2.22. The number of nitrogens with two attached hydrogens (primary N) is 1. The van der Waals surface area contributed by atoms with E-state index in [0.29, 0.717) is 18.9 Å². The molecule has 0 aromatic heterocycles. The van der Waals surface area contributed by atoms with Crippen molar-refractivity contribution in [1.29, 1.82) is 0 Å². The summed E-state index contributed by atoms with van der Waals surface area (Å²) >= 11 is 0. The van der Waals surface area contributed by atoms with Crippen LogP contribution in [0.5, 0.6) is 0 Å². The lowest BCUT2D eigenvalue weighted by Gasteiger charge is -2.32. The van der Waals surface area contributed by atoms with Gasteiger partial charge in [-0.15, -0.1) is 0 Å². The lowest BCUT2D eigenvalue weighted by atomic mass is 9.97. The van der Waals surface area contributed by atoms with Crippen molar-refractivity contribution < 1.29 is 4.79 Å². The fourth-order valence-corrected chi connectivity index (χ4v) is 3.12. The van der Waals surface area contributed by atoms with E-state index in [1.807, 2.05) is 17.0 Å². The molecular formula is C18H22N2O. The quantitative estimate of drug-likeness (QED) is 0.940. The van der Waals surface area contributed by atoms with Gasteiger partial charge in [0.25, 0.3) is 0 Å². The summed E-state index contributed by atoms with van der Waals surface area (Å²) in [6, 6.07) is 14.5. The third-order valence-electron chi connectivity index (χ3n) is 4.37. The smallest absolute Gasteiger partial charge is 0.226 e. The van der Waals surface area contributed by atoms with E-state index in [9.17, 15) is 4.79 Å². The standard InChI is InChI=1S/C18H22N2O/c19-12-15-4-3-9-20(13-15)18(21)11-14-7-8-16-5-1-2-6-17(16)10-14/h1-2,5-8,10,15H,3-4,9,11-13,19H2. The maximum atomic E-state index is 12.5. The molecule has 0 radical (unpaired) electrons. The summed E-state index contributed by atoms with van der Waals surface area (Å²) in [5.74, 6) is 0.697. The summed E-state index contributed by atoms with van der Waals surface area (Å²) in [7, 11) is 0. The molecule has 0 aliphatic carbocycles. The van der Waals surface area contributed by atoms with Crippen molar-refractivity contribution in [2.45, 2.75) is 19.3 Å². The normalized spacial score (nSPS) is 18.9. The molecule has 0 saturated carbocycles. The van der Waals surface area contributed by atoms with Crippen LogP contribution >= 0.6 is 0 Å². The molecule has 1 saturated heterocycles. The molecule has 2 aromatic carbocycles. The number of fused-ring (bicyclic) bond motifs is 1. The molecule has 3 heteroatoms. The minimum absolute atomic E-state index is 0.225. The average Bonchev–Trinajstić information content (AvgIpc) is 2.54. The van der Waals surface area contributed by atoms with Crippen LogP contribution in [0.15, 0.2) is 42.5 Å². The Labute approximate surface area is 125 Å². The van der Waals surface area contributed by atoms with Crippen LogP contribution < -0.4 is 5.73 Å². The maximum absolute atomic E-state index is 12.5. The van der Waals surface area contributed by atoms with Crippen LogP contribution in [0.1, 0.15) is 18.4 Å². The van der Waals surface area contributed by atoms with Gasteiger partial charge in [-0.25, -0.2) is 0 Å². The number of benzene rings is 2. The fourth-order valence-electron chi connectivity index (χ4n) is 3.12. The highest BCUT2D eigenvalue weighted by Crippen LogP contribution is 2.19. The third-order valence-corrected chi connectivity index (χ3v) is 4.37. The van der Waals surface area contributed by atoms with Crippen molar-refractivity contribution in [2.24, 2.45) is 11.7 Å². The van der Waals surface area contributed by atoms with Gasteiger partial charge in [-0.05, 0) is 41.6 Å². The SMILES string of the molecule is NCC1CCCN(C(=O)Cc2ccc3ccccc3c2)C1. The molecule has 1 aliphatic heterocycles. The van der Waals surface area contributed by atoms with Crippen LogP contribution in [-0.2, 0) is 11.2 Å². The first-order valence-electron chi connectivity index (χ1n) is 7.72. The van der Waals surface area contributed by atoms with E-state index in [1.165, 1.54) is 10.8 Å². The maximum Gasteiger partial charge on any atom is 0.226 e. The van der Waals surface area contributed by atoms with Crippen molar-refractivity contribution in [3.8, 4) is 0 Å². The summed E-state index contributed by atoms with van der Waals surface area (Å²) < 4.78 is 0. The van der Waals surface area contributed by atoms with E-state index in [1.54, 1.807) is 0 Å². The molecule has 0 bridgehead atoms. The van der Waals surface area contributed by atoms with Gasteiger partial charge in [0.1, 0.15) is 0 Å². The van der Waals surface area contributed by atoms with Gasteiger partial charge in [-0.1, -0.05) is 42.5 Å². The molecule has 2 N–H and O–H groups in total. The van der Waals surface area contributed by atoms with Crippen LogP contribution in [0, 0.1) is 5.92 Å². The van der Waals surface area contributed by atoms with E-state index in [0.717, 1.165) is 31.5 Å². The number of amides is 1. The molecule has 3 rings (SSSR count). The van der Waals surface area contributed by atoms with Crippen LogP contribution in [-0.4, -0.2) is 30.4 Å². The van der Waals surface area contributed by atoms with Crippen molar-refractivity contribution in [3.63, 3.8) is 0 Å². The zero-order valence-electron chi connectivity index (χ0n) is 12.3. The third kappa shape index (κ3) is 3.24. The molecule has 2 aromatic rings. The van der Waals surface area contributed by atoms with Gasteiger partial charge >= 0.3 is 0 Å². The number of carbonyl (C=O) groups is 1. The van der Waals surface area contributed by atoms with Crippen molar-refractivity contribution in [3.05, 3.63) is 48.0 Å². The van der Waals surface area contributed by atoms with Gasteiger partial charge in [-0.3, -0.25) is 4.79 Å². The number of piperidine rings is 1. The molecule has 1 aliphatic rings. The number of nitrogens with zero attached hydrogens (tertiary/aromatic N) is 1. The topological polar surface area (TPSA) is 46.3 Å². The molecule has 1 heterocycles. The van der Waals surface area contributed by atoms with Crippen LogP contribution in [0.25, 0.3) is 10.8 Å². The van der Waals surface area contributed by atoms with E-state index in [4.69, 9.17) is 5.73 Å². The van der Waals surface area contributed by atoms with E-state index in [-0.39, 0.29) is 5.91 Å². The monoisotopic (exact) mass is 282 g/mol. The minimum atomic E-state index is 0.225. The van der Waals surface area contributed by atoms with Crippen molar-refractivity contribution >= 4 is 16.7 Å². The lowest BCUT2D eigenvalue weighted by molar-refractivity contribution is -0.132. The Kier molecular flexibility index (Phi) is 4.20. The number of rotatable bonds is 3. The zero-order valence-corrected chi connectivity index (χ0v) is 12.3. The Bertz CT molecular complexity index is 638. The number of hydrogen-bond donors (Lipinski definition) is 1. The number of likely N-dealkylation sites (tertiary alicyclic amines) is 1. The van der Waals surface area contributed by atoms with Gasteiger partial charge in [-0.2, -0.15) is 0 Å². The van der Waals surface area contributed by atoms with E-state index >= 15 is 0 Å². The molecule has 0 spiro atoms. The molecule has 1 unspecified atom stereocenters. The first-order valence-corrected chi connectivity index (χ1v) is 7.72. The van der Waals surface area contributed by atoms with E-state index in [2.05, 4.69) is 30.3 Å². The molecule has 1 fully saturated rings. The average molecular weight is 282 g/mol. The molecule has 21 heavy (non-hydrogen) atoms. The molecule has 1 amide bonds. The van der Waals surface area contributed by atoms with Crippen LogP contribution in [0.2, 0.25) is 0 Å². The second kappa shape index (κ2) is 6.27. The Hall–Kier alpha value is -1.87. The highest BCUT2D eigenvalue weighted by atomic mass is 16.2. The zero-order chi connectivity index (χ0) is 14.7. The van der Waals surface area contributed by atoms with Gasteiger partial charge < -0.3 is 10.6 Å². The largest absolute Gasteiger partial charge is 0.342 e. The summed E-state index contributed by atoms with van der Waals surface area (Å²) in [6.45, 7) is 2.38. The molecule has 1 atom stereocenters. The van der Waals surface area contributed by atoms with Crippen LogP contribution in [0.3, 0.4) is 0 Å². The summed E-state index contributed by atoms with van der Waals surface area (Å²) in [5, 5.41) is 2.41. The van der Waals surface area contributed by atoms with Gasteiger partial charge in [0.2, 0.25) is 5.91 Å². The molecule has 110 valence electrons. The summed E-state index contributed by atoms with van der Waals surface area (Å²) in [4.78, 5) is 14.4. The van der Waals surface area contributed by atoms with Gasteiger partial charge in [0.15, 0.2) is 0 Å². The Morgan fingerprint density at radius 1 is 1.19 bits per heavy atom. The predicted molar refractivity (Wildman–Crippen MR) is 86.0 cm³/mol. The van der Waals surface area contributed by atoms with Gasteiger partial charge in [0, 0.05) is 13.1 Å². The van der Waals surface area contributed by atoms with Crippen LogP contribution in [0.4, 0.5) is 0 Å². The molecule has 3 nitrogen and oxygen atoms in total. The van der Waals surface area contributed by atoms with Gasteiger partial charge in [0.05, 0.1) is 6.42 Å². The Morgan fingerprint density at radius 2 is 2.00 bits per heavy atom. The second-order valence-corrected chi connectivity index (χ2v) is 5.94. The second-order valence-electron chi connectivity index (χ2n) is 5.94. The first-order chi connectivity index (χ1) is 10.3. The molecular weight excluding hydrogens is 260 g/mol. The number of hydrogen-bond acceptors (Lipinski definition) is 2. The van der Waals surface area contributed by atoms with Crippen molar-refractivity contribution in [2.75, 3.05) is 19.6 Å². The first kappa shape index (κ1) is 14.1. The summed E-state index contributed by atoms with van der Waals surface area (Å²) in [5.41, 5.74) is 6.83. The number of carbonyl (C=O) groups excluding carboxylic acids is 1.